The summed E-state index contributed by atoms with van der Waals surface area (Å²) in [5.74, 6) is 0. The molecule has 1 aromatic carbocycles. The number of nitrogens with one attached hydrogen (secondary N) is 1. The van der Waals surface area contributed by atoms with Crippen molar-refractivity contribution in [1.82, 2.24) is 0 Å². The van der Waals surface area contributed by atoms with E-state index >= 15 is 0 Å². The molecule has 1 aromatic rings. The highest BCUT2D eigenvalue weighted by Crippen LogP contribution is 2.28. The Morgan fingerprint density at radius 2 is 1.88 bits per heavy atom. The molecule has 90 valence electrons. The second-order valence-corrected chi connectivity index (χ2v) is 5.92. The van der Waals surface area contributed by atoms with Gasteiger partial charge in [-0.3, -0.25) is 4.72 Å². The first-order chi connectivity index (χ1) is 7.13. The summed E-state index contributed by atoms with van der Waals surface area (Å²) in [6, 6.07) is 3.70. The van der Waals surface area contributed by atoms with E-state index in [9.17, 15) is 21.6 Å². The molecule has 0 aromatic heterocycles. The van der Waals surface area contributed by atoms with Crippen LogP contribution in [-0.2, 0) is 10.0 Å². The Kier molecular flexibility index (Phi) is 3.95. The van der Waals surface area contributed by atoms with Gasteiger partial charge >= 0.3 is 15.5 Å². The van der Waals surface area contributed by atoms with E-state index in [1.807, 2.05) is 22.6 Å². The zero-order valence-electron chi connectivity index (χ0n) is 7.35. The molecule has 0 heterocycles. The van der Waals surface area contributed by atoms with Crippen molar-refractivity contribution >= 4 is 49.9 Å². The molecule has 0 aliphatic heterocycles. The van der Waals surface area contributed by atoms with E-state index < -0.39 is 15.5 Å². The first-order valence-corrected chi connectivity index (χ1v) is 6.61. The van der Waals surface area contributed by atoms with Gasteiger partial charge in [0.05, 0.1) is 10.7 Å². The third kappa shape index (κ3) is 3.14. The van der Waals surface area contributed by atoms with E-state index in [1.54, 1.807) is 0 Å². The van der Waals surface area contributed by atoms with Gasteiger partial charge in [-0.05, 0) is 40.8 Å². The molecule has 0 atom stereocenters. The number of halogens is 5. The van der Waals surface area contributed by atoms with Gasteiger partial charge in [0.15, 0.2) is 0 Å². The van der Waals surface area contributed by atoms with Crippen LogP contribution in [0.2, 0.25) is 5.02 Å². The molecule has 16 heavy (non-hydrogen) atoms. The zero-order valence-corrected chi connectivity index (χ0v) is 11.1. The molecule has 0 aliphatic carbocycles. The molecule has 0 saturated heterocycles. The molecular formula is C7H4ClF3INO2S. The van der Waals surface area contributed by atoms with E-state index in [4.69, 9.17) is 11.6 Å². The van der Waals surface area contributed by atoms with Gasteiger partial charge in [-0.2, -0.15) is 21.6 Å². The number of benzene rings is 1. The lowest BCUT2D eigenvalue weighted by atomic mass is 10.3. The largest absolute Gasteiger partial charge is 0.516 e. The molecule has 0 aliphatic rings. The SMILES string of the molecule is O=S(=O)(Nc1ccc(I)c(Cl)c1)C(F)(F)F. The monoisotopic (exact) mass is 385 g/mol. The molecule has 0 spiro atoms. The average molecular weight is 386 g/mol. The van der Waals surface area contributed by atoms with Crippen molar-refractivity contribution in [2.45, 2.75) is 5.51 Å². The Morgan fingerprint density at radius 1 is 1.31 bits per heavy atom. The molecule has 0 saturated carbocycles. The molecule has 0 amide bonds. The van der Waals surface area contributed by atoms with Crippen molar-refractivity contribution < 1.29 is 21.6 Å². The maximum atomic E-state index is 12.0. The minimum absolute atomic E-state index is 0.169. The van der Waals surface area contributed by atoms with Crippen molar-refractivity contribution in [2.24, 2.45) is 0 Å². The number of alkyl halides is 3. The van der Waals surface area contributed by atoms with Crippen molar-refractivity contribution in [2.75, 3.05) is 4.72 Å². The van der Waals surface area contributed by atoms with Crippen LogP contribution in [0.1, 0.15) is 0 Å². The summed E-state index contributed by atoms with van der Waals surface area (Å²) in [7, 11) is -5.39. The minimum atomic E-state index is -5.39. The van der Waals surface area contributed by atoms with Gasteiger partial charge in [-0.1, -0.05) is 11.6 Å². The van der Waals surface area contributed by atoms with Crippen LogP contribution in [0.25, 0.3) is 0 Å². The van der Waals surface area contributed by atoms with Gasteiger partial charge in [0, 0.05) is 3.57 Å². The number of hydrogen-bond donors (Lipinski definition) is 1. The topological polar surface area (TPSA) is 46.2 Å². The molecule has 0 bridgehead atoms. The van der Waals surface area contributed by atoms with Crippen molar-refractivity contribution in [1.29, 1.82) is 0 Å². The van der Waals surface area contributed by atoms with Crippen molar-refractivity contribution in [3.05, 3.63) is 26.8 Å². The third-order valence-corrected chi connectivity index (χ3v) is 4.16. The normalized spacial score (nSPS) is 12.6. The van der Waals surface area contributed by atoms with Gasteiger partial charge in [-0.25, -0.2) is 0 Å². The number of rotatable bonds is 2. The summed E-state index contributed by atoms with van der Waals surface area (Å²) in [5, 5.41) is 0.169. The number of anilines is 1. The lowest BCUT2D eigenvalue weighted by Gasteiger charge is -2.10. The molecule has 0 radical (unpaired) electrons. The molecule has 0 unspecified atom stereocenters. The maximum Gasteiger partial charge on any atom is 0.516 e. The van der Waals surface area contributed by atoms with Crippen LogP contribution in [0.15, 0.2) is 18.2 Å². The molecule has 1 rings (SSSR count). The molecule has 0 fully saturated rings. The van der Waals surface area contributed by atoms with Gasteiger partial charge in [0.2, 0.25) is 0 Å². The van der Waals surface area contributed by atoms with E-state index in [2.05, 4.69) is 0 Å². The fourth-order valence-electron chi connectivity index (χ4n) is 0.773. The average Bonchev–Trinajstić information content (AvgIpc) is 2.09. The Labute approximate surface area is 108 Å². The fourth-order valence-corrected chi connectivity index (χ4v) is 1.84. The predicted octanol–water partition coefficient (Wildman–Crippen LogP) is 3.21. The predicted molar refractivity (Wildman–Crippen MR) is 62.8 cm³/mol. The molecular weight excluding hydrogens is 382 g/mol. The Hall–Kier alpha value is -0.220. The van der Waals surface area contributed by atoms with Crippen LogP contribution < -0.4 is 4.72 Å². The van der Waals surface area contributed by atoms with Crippen LogP contribution in [0.5, 0.6) is 0 Å². The maximum absolute atomic E-state index is 12.0. The zero-order chi connectivity index (χ0) is 12.6. The second kappa shape index (κ2) is 4.57. The van der Waals surface area contributed by atoms with E-state index in [-0.39, 0.29) is 10.7 Å². The lowest BCUT2D eigenvalue weighted by molar-refractivity contribution is -0.0429. The smallest absolute Gasteiger partial charge is 0.276 e. The number of hydrogen-bond acceptors (Lipinski definition) is 2. The third-order valence-electron chi connectivity index (χ3n) is 1.48. The Morgan fingerprint density at radius 3 is 2.31 bits per heavy atom. The first kappa shape index (κ1) is 13.8. The van der Waals surface area contributed by atoms with Crippen LogP contribution >= 0.6 is 34.2 Å². The second-order valence-electron chi connectivity index (χ2n) is 2.68. The fraction of sp³-hybridized carbons (Fsp3) is 0.143. The highest BCUT2D eigenvalue weighted by Gasteiger charge is 2.46. The summed E-state index contributed by atoms with van der Waals surface area (Å²) < 4.78 is 59.5. The van der Waals surface area contributed by atoms with Crippen LogP contribution in [0, 0.1) is 3.57 Å². The summed E-state index contributed by atoms with van der Waals surface area (Å²) in [6.45, 7) is 0. The summed E-state index contributed by atoms with van der Waals surface area (Å²) in [4.78, 5) is 0. The van der Waals surface area contributed by atoms with Crippen LogP contribution in [-0.4, -0.2) is 13.9 Å². The number of sulfonamides is 1. The van der Waals surface area contributed by atoms with Gasteiger partial charge in [-0.15, -0.1) is 0 Å². The van der Waals surface area contributed by atoms with Crippen molar-refractivity contribution in [3.8, 4) is 0 Å². The van der Waals surface area contributed by atoms with Gasteiger partial charge in [0.1, 0.15) is 0 Å². The minimum Gasteiger partial charge on any atom is -0.276 e. The molecule has 1 N–H and O–H groups in total. The van der Waals surface area contributed by atoms with Crippen molar-refractivity contribution in [3.63, 3.8) is 0 Å². The van der Waals surface area contributed by atoms with E-state index in [0.29, 0.717) is 3.57 Å². The first-order valence-electron chi connectivity index (χ1n) is 3.67. The summed E-state index contributed by atoms with van der Waals surface area (Å²) >= 11 is 7.50. The van der Waals surface area contributed by atoms with E-state index in [0.717, 1.165) is 6.07 Å². The van der Waals surface area contributed by atoms with Crippen LogP contribution in [0.4, 0.5) is 18.9 Å². The molecule has 9 heteroatoms. The highest BCUT2D eigenvalue weighted by atomic mass is 127. The lowest BCUT2D eigenvalue weighted by Crippen LogP contribution is -2.29. The quantitative estimate of drug-likeness (QED) is 0.795. The summed E-state index contributed by atoms with van der Waals surface area (Å²) in [5.41, 5.74) is -5.58. The van der Waals surface area contributed by atoms with Gasteiger partial charge < -0.3 is 0 Å². The molecule has 3 nitrogen and oxygen atoms in total. The summed E-state index contributed by atoms with van der Waals surface area (Å²) in [6.07, 6.45) is 0. The van der Waals surface area contributed by atoms with Crippen LogP contribution in [0.3, 0.4) is 0 Å². The standard InChI is InChI=1S/C7H4ClF3INO2S/c8-5-3-4(1-2-6(5)12)13-16(14,15)7(9,10)11/h1-3,13H. The van der Waals surface area contributed by atoms with Gasteiger partial charge in [0.25, 0.3) is 0 Å². The Bertz CT molecular complexity index is 503. The Balaban J connectivity index is 3.03. The van der Waals surface area contributed by atoms with E-state index in [1.165, 1.54) is 16.9 Å². The highest BCUT2D eigenvalue weighted by molar-refractivity contribution is 14.1.